The Kier molecular flexibility index (Phi) is 3.67. The Bertz CT molecular complexity index is 476. The molecule has 1 aromatic carbocycles. The Hall–Kier alpha value is -1.36. The van der Waals surface area contributed by atoms with E-state index in [4.69, 9.17) is 0 Å². The molecule has 0 amide bonds. The number of hydrogen-bond acceptors (Lipinski definition) is 2. The zero-order chi connectivity index (χ0) is 14.1. The number of carbonyl (C=O) groups excluding carboxylic acids is 1. The fourth-order valence-electron chi connectivity index (χ4n) is 2.48. The van der Waals surface area contributed by atoms with Crippen molar-refractivity contribution in [2.75, 3.05) is 13.1 Å². The third-order valence-corrected chi connectivity index (χ3v) is 3.84. The third kappa shape index (κ3) is 2.52. The van der Waals surface area contributed by atoms with Crippen LogP contribution in [0.4, 0.5) is 13.2 Å². The van der Waals surface area contributed by atoms with Gasteiger partial charge < -0.3 is 5.32 Å². The van der Waals surface area contributed by atoms with Crippen LogP contribution in [0.2, 0.25) is 0 Å². The molecule has 0 aromatic heterocycles. The summed E-state index contributed by atoms with van der Waals surface area (Å²) in [5, 5.41) is 2.66. The first-order chi connectivity index (χ1) is 8.87. The predicted octanol–water partition coefficient (Wildman–Crippen LogP) is 2.65. The van der Waals surface area contributed by atoms with Gasteiger partial charge in [-0.2, -0.15) is 13.2 Å². The van der Waals surface area contributed by atoms with E-state index in [0.29, 0.717) is 5.56 Å². The number of halogens is 3. The lowest BCUT2D eigenvalue weighted by atomic mass is 9.79. The molecule has 0 bridgehead atoms. The zero-order valence-corrected chi connectivity index (χ0v) is 10.7. The van der Waals surface area contributed by atoms with Crippen LogP contribution < -0.4 is 5.32 Å². The molecular formula is C14H16F3NO. The number of benzene rings is 1. The lowest BCUT2D eigenvalue weighted by Crippen LogP contribution is -2.47. The SMILES string of the molecule is Cc1ccccc1CC(=O)C1(C(F)(F)F)CCNC1. The van der Waals surface area contributed by atoms with Crippen LogP contribution in [0.1, 0.15) is 17.5 Å². The number of Topliss-reactive ketones (excluding diaryl/α,β-unsaturated/α-hetero) is 1. The van der Waals surface area contributed by atoms with Gasteiger partial charge in [0.05, 0.1) is 0 Å². The summed E-state index contributed by atoms with van der Waals surface area (Å²) in [5.74, 6) is -0.737. The summed E-state index contributed by atoms with van der Waals surface area (Å²) in [6.45, 7) is 1.73. The third-order valence-electron chi connectivity index (χ3n) is 3.84. The molecule has 19 heavy (non-hydrogen) atoms. The van der Waals surface area contributed by atoms with E-state index < -0.39 is 17.4 Å². The van der Waals surface area contributed by atoms with Gasteiger partial charge in [0.25, 0.3) is 0 Å². The first-order valence-corrected chi connectivity index (χ1v) is 6.22. The van der Waals surface area contributed by atoms with Crippen LogP contribution in [0.15, 0.2) is 24.3 Å². The van der Waals surface area contributed by atoms with Crippen LogP contribution in [0.3, 0.4) is 0 Å². The highest BCUT2D eigenvalue weighted by atomic mass is 19.4. The number of aryl methyl sites for hydroxylation is 1. The Morgan fingerprint density at radius 3 is 2.58 bits per heavy atom. The summed E-state index contributed by atoms with van der Waals surface area (Å²) >= 11 is 0. The van der Waals surface area contributed by atoms with Gasteiger partial charge in [-0.15, -0.1) is 0 Å². The highest BCUT2D eigenvalue weighted by Crippen LogP contribution is 2.44. The summed E-state index contributed by atoms with van der Waals surface area (Å²) < 4.78 is 39.6. The number of ketones is 1. The first-order valence-electron chi connectivity index (χ1n) is 6.22. The van der Waals surface area contributed by atoms with E-state index in [1.807, 2.05) is 0 Å². The van der Waals surface area contributed by atoms with Crippen molar-refractivity contribution >= 4 is 5.78 Å². The molecule has 1 unspecified atom stereocenters. The number of alkyl halides is 3. The van der Waals surface area contributed by atoms with Crippen LogP contribution in [0.25, 0.3) is 0 Å². The van der Waals surface area contributed by atoms with E-state index in [1.54, 1.807) is 31.2 Å². The van der Waals surface area contributed by atoms with Crippen molar-refractivity contribution in [2.45, 2.75) is 25.9 Å². The van der Waals surface area contributed by atoms with Crippen LogP contribution in [-0.2, 0) is 11.2 Å². The molecule has 0 aliphatic carbocycles. The zero-order valence-electron chi connectivity index (χ0n) is 10.7. The highest BCUT2D eigenvalue weighted by Gasteiger charge is 2.60. The molecule has 1 atom stereocenters. The highest BCUT2D eigenvalue weighted by molar-refractivity contribution is 5.88. The maximum absolute atomic E-state index is 13.2. The van der Waals surface area contributed by atoms with E-state index in [0.717, 1.165) is 5.56 Å². The lowest BCUT2D eigenvalue weighted by Gasteiger charge is -2.29. The largest absolute Gasteiger partial charge is 0.402 e. The van der Waals surface area contributed by atoms with Gasteiger partial charge in [0.15, 0.2) is 5.78 Å². The fourth-order valence-corrected chi connectivity index (χ4v) is 2.48. The molecule has 1 aliphatic rings. The van der Waals surface area contributed by atoms with Gasteiger partial charge in [0, 0.05) is 13.0 Å². The predicted molar refractivity (Wildman–Crippen MR) is 65.9 cm³/mol. The van der Waals surface area contributed by atoms with E-state index in [9.17, 15) is 18.0 Å². The Morgan fingerprint density at radius 1 is 1.37 bits per heavy atom. The van der Waals surface area contributed by atoms with Crippen LogP contribution >= 0.6 is 0 Å². The van der Waals surface area contributed by atoms with Crippen molar-refractivity contribution in [3.05, 3.63) is 35.4 Å². The smallest absolute Gasteiger partial charge is 0.315 e. The minimum absolute atomic E-state index is 0.159. The van der Waals surface area contributed by atoms with Crippen LogP contribution in [-0.4, -0.2) is 25.0 Å². The molecule has 1 fully saturated rings. The number of hydrogen-bond donors (Lipinski definition) is 1. The average Bonchev–Trinajstić information content (AvgIpc) is 2.82. The van der Waals surface area contributed by atoms with Gasteiger partial charge in [-0.1, -0.05) is 24.3 Å². The summed E-state index contributed by atoms with van der Waals surface area (Å²) in [6, 6.07) is 7.05. The van der Waals surface area contributed by atoms with Gasteiger partial charge in [0.1, 0.15) is 5.41 Å². The van der Waals surface area contributed by atoms with Gasteiger partial charge in [0.2, 0.25) is 0 Å². The molecule has 0 spiro atoms. The summed E-state index contributed by atoms with van der Waals surface area (Å²) in [4.78, 5) is 12.2. The van der Waals surface area contributed by atoms with E-state index in [1.165, 1.54) is 0 Å². The average molecular weight is 271 g/mol. The molecular weight excluding hydrogens is 255 g/mol. The van der Waals surface area contributed by atoms with Gasteiger partial charge in [-0.25, -0.2) is 0 Å². The van der Waals surface area contributed by atoms with Gasteiger partial charge in [-0.05, 0) is 31.0 Å². The van der Waals surface area contributed by atoms with Crippen molar-refractivity contribution < 1.29 is 18.0 Å². The Balaban J connectivity index is 2.25. The molecule has 5 heteroatoms. The Morgan fingerprint density at radius 2 is 2.05 bits per heavy atom. The topological polar surface area (TPSA) is 29.1 Å². The second-order valence-corrected chi connectivity index (χ2v) is 5.03. The minimum atomic E-state index is -4.49. The molecule has 1 aliphatic heterocycles. The molecule has 104 valence electrons. The Labute approximate surface area is 110 Å². The molecule has 1 heterocycles. The fraction of sp³-hybridized carbons (Fsp3) is 0.500. The van der Waals surface area contributed by atoms with Gasteiger partial charge >= 0.3 is 6.18 Å². The molecule has 1 aromatic rings. The lowest BCUT2D eigenvalue weighted by molar-refractivity contribution is -0.214. The van der Waals surface area contributed by atoms with Crippen molar-refractivity contribution in [2.24, 2.45) is 5.41 Å². The van der Waals surface area contributed by atoms with Crippen molar-refractivity contribution in [1.29, 1.82) is 0 Å². The van der Waals surface area contributed by atoms with E-state index >= 15 is 0 Å². The summed E-state index contributed by atoms with van der Waals surface area (Å²) in [6.07, 6.45) is -4.81. The number of nitrogens with one attached hydrogen (secondary N) is 1. The van der Waals surface area contributed by atoms with Gasteiger partial charge in [-0.3, -0.25) is 4.79 Å². The number of carbonyl (C=O) groups is 1. The molecule has 0 radical (unpaired) electrons. The minimum Gasteiger partial charge on any atom is -0.315 e. The maximum atomic E-state index is 13.2. The molecule has 1 saturated heterocycles. The molecule has 1 N–H and O–H groups in total. The first kappa shape index (κ1) is 14.1. The number of rotatable bonds is 3. The summed E-state index contributed by atoms with van der Waals surface area (Å²) in [5.41, 5.74) is -0.697. The maximum Gasteiger partial charge on any atom is 0.402 e. The molecule has 0 saturated carbocycles. The monoisotopic (exact) mass is 271 g/mol. The second kappa shape index (κ2) is 4.96. The quantitative estimate of drug-likeness (QED) is 0.915. The molecule has 2 nitrogen and oxygen atoms in total. The van der Waals surface area contributed by atoms with Crippen LogP contribution in [0.5, 0.6) is 0 Å². The van der Waals surface area contributed by atoms with Crippen molar-refractivity contribution in [3.8, 4) is 0 Å². The second-order valence-electron chi connectivity index (χ2n) is 5.03. The van der Waals surface area contributed by atoms with Crippen LogP contribution in [0, 0.1) is 12.3 Å². The molecule has 2 rings (SSSR count). The summed E-state index contributed by atoms with van der Waals surface area (Å²) in [7, 11) is 0. The standard InChI is InChI=1S/C14H16F3NO/c1-10-4-2-3-5-11(10)8-12(19)13(14(15,16)17)6-7-18-9-13/h2-5,18H,6-9H2,1H3. The normalized spacial score (nSPS) is 23.6. The van der Waals surface area contributed by atoms with Crippen molar-refractivity contribution in [3.63, 3.8) is 0 Å². The van der Waals surface area contributed by atoms with Crippen molar-refractivity contribution in [1.82, 2.24) is 5.32 Å². The van der Waals surface area contributed by atoms with E-state index in [2.05, 4.69) is 5.32 Å². The van der Waals surface area contributed by atoms with E-state index in [-0.39, 0.29) is 25.9 Å².